The van der Waals surface area contributed by atoms with Gasteiger partial charge in [0.1, 0.15) is 5.75 Å². The number of ether oxygens (including phenoxy) is 3. The SMILES string of the molecule is CCNC(=NCc1ccc(C(=O)N(C)C)cc1)NCc1cc(OC)c(OC)cc1OC. The third-order valence-electron chi connectivity index (χ3n) is 4.60. The van der Waals surface area contributed by atoms with E-state index in [0.717, 1.165) is 17.7 Å². The minimum atomic E-state index is -0.0195. The van der Waals surface area contributed by atoms with Gasteiger partial charge in [0.15, 0.2) is 17.5 Å². The fourth-order valence-electron chi connectivity index (χ4n) is 2.93. The molecule has 1 amide bonds. The van der Waals surface area contributed by atoms with Crippen molar-refractivity contribution in [2.75, 3.05) is 42.0 Å². The summed E-state index contributed by atoms with van der Waals surface area (Å²) in [6.45, 7) is 3.71. The van der Waals surface area contributed by atoms with Crippen molar-refractivity contribution in [2.45, 2.75) is 20.0 Å². The highest BCUT2D eigenvalue weighted by molar-refractivity contribution is 5.93. The number of methoxy groups -OCH3 is 3. The van der Waals surface area contributed by atoms with Crippen molar-refractivity contribution in [1.82, 2.24) is 15.5 Å². The van der Waals surface area contributed by atoms with Crippen LogP contribution in [0.15, 0.2) is 41.4 Å². The Morgan fingerprint density at radius 1 is 0.935 bits per heavy atom. The van der Waals surface area contributed by atoms with Crippen LogP contribution >= 0.6 is 0 Å². The number of nitrogens with zero attached hydrogens (tertiary/aromatic N) is 2. The number of benzene rings is 2. The van der Waals surface area contributed by atoms with Gasteiger partial charge in [0, 0.05) is 44.4 Å². The second-order valence-corrected chi connectivity index (χ2v) is 6.96. The fraction of sp³-hybridized carbons (Fsp3) is 0.391. The van der Waals surface area contributed by atoms with E-state index >= 15 is 0 Å². The molecule has 8 nitrogen and oxygen atoms in total. The lowest BCUT2D eigenvalue weighted by Crippen LogP contribution is -2.36. The van der Waals surface area contributed by atoms with Crippen molar-refractivity contribution >= 4 is 11.9 Å². The third-order valence-corrected chi connectivity index (χ3v) is 4.60. The van der Waals surface area contributed by atoms with Gasteiger partial charge in [-0.15, -0.1) is 0 Å². The molecule has 0 spiro atoms. The minimum absolute atomic E-state index is 0.0195. The van der Waals surface area contributed by atoms with E-state index < -0.39 is 0 Å². The monoisotopic (exact) mass is 428 g/mol. The van der Waals surface area contributed by atoms with Crippen LogP contribution in [-0.2, 0) is 13.1 Å². The maximum Gasteiger partial charge on any atom is 0.253 e. The Bertz CT molecular complexity index is 895. The Balaban J connectivity index is 2.11. The number of nitrogens with one attached hydrogen (secondary N) is 2. The van der Waals surface area contributed by atoms with Gasteiger partial charge in [0.05, 0.1) is 27.9 Å². The molecule has 0 aliphatic carbocycles. The van der Waals surface area contributed by atoms with Crippen LogP contribution in [0.2, 0.25) is 0 Å². The van der Waals surface area contributed by atoms with Crippen molar-refractivity contribution in [3.8, 4) is 17.2 Å². The number of amides is 1. The number of carbonyl (C=O) groups is 1. The van der Waals surface area contributed by atoms with Crippen LogP contribution in [-0.4, -0.2) is 58.7 Å². The van der Waals surface area contributed by atoms with Crippen molar-refractivity contribution in [3.05, 3.63) is 53.1 Å². The molecule has 2 rings (SSSR count). The van der Waals surface area contributed by atoms with E-state index in [0.29, 0.717) is 41.9 Å². The van der Waals surface area contributed by atoms with E-state index in [1.165, 1.54) is 0 Å². The first kappa shape index (κ1) is 23.9. The summed E-state index contributed by atoms with van der Waals surface area (Å²) in [5, 5.41) is 6.55. The number of guanidine groups is 1. The minimum Gasteiger partial charge on any atom is -0.496 e. The van der Waals surface area contributed by atoms with Gasteiger partial charge in [-0.05, 0) is 30.7 Å². The number of rotatable bonds is 9. The zero-order valence-corrected chi connectivity index (χ0v) is 19.1. The maximum atomic E-state index is 12.0. The molecule has 2 aromatic carbocycles. The molecule has 0 atom stereocenters. The van der Waals surface area contributed by atoms with E-state index in [9.17, 15) is 4.79 Å². The molecule has 0 aliphatic rings. The van der Waals surface area contributed by atoms with E-state index in [2.05, 4.69) is 15.6 Å². The normalized spacial score (nSPS) is 11.0. The summed E-state index contributed by atoms with van der Waals surface area (Å²) in [5.74, 6) is 2.60. The molecule has 168 valence electrons. The highest BCUT2D eigenvalue weighted by Gasteiger charge is 2.12. The Kier molecular flexibility index (Phi) is 8.99. The lowest BCUT2D eigenvalue weighted by Gasteiger charge is -2.16. The molecule has 0 aliphatic heterocycles. The zero-order chi connectivity index (χ0) is 22.8. The van der Waals surface area contributed by atoms with Gasteiger partial charge in [0.2, 0.25) is 0 Å². The predicted molar refractivity (Wildman–Crippen MR) is 122 cm³/mol. The van der Waals surface area contributed by atoms with E-state index in [1.54, 1.807) is 46.4 Å². The Labute approximate surface area is 184 Å². The Morgan fingerprint density at radius 2 is 1.55 bits per heavy atom. The highest BCUT2D eigenvalue weighted by atomic mass is 16.5. The molecule has 0 fully saturated rings. The second kappa shape index (κ2) is 11.7. The van der Waals surface area contributed by atoms with Crippen LogP contribution in [0.4, 0.5) is 0 Å². The quantitative estimate of drug-likeness (QED) is 0.472. The summed E-state index contributed by atoms with van der Waals surface area (Å²) in [7, 11) is 8.29. The molecule has 8 heteroatoms. The van der Waals surface area contributed by atoms with Gasteiger partial charge >= 0.3 is 0 Å². The van der Waals surface area contributed by atoms with Crippen LogP contribution in [0.1, 0.15) is 28.4 Å². The smallest absolute Gasteiger partial charge is 0.253 e. The van der Waals surface area contributed by atoms with Gasteiger partial charge in [-0.3, -0.25) is 4.79 Å². The number of hydrogen-bond acceptors (Lipinski definition) is 5. The maximum absolute atomic E-state index is 12.0. The number of aliphatic imine (C=N–C) groups is 1. The van der Waals surface area contributed by atoms with Crippen molar-refractivity contribution in [2.24, 2.45) is 4.99 Å². The molecule has 0 saturated carbocycles. The molecule has 31 heavy (non-hydrogen) atoms. The van der Waals surface area contributed by atoms with Crippen LogP contribution in [0.5, 0.6) is 17.2 Å². The standard InChI is InChI=1S/C23H32N4O4/c1-7-24-23(25-14-16-8-10-17(11-9-16)22(28)27(2)3)26-15-18-12-20(30-5)21(31-6)13-19(18)29-4/h8-13H,7,14-15H2,1-6H3,(H2,24,25,26). The third kappa shape index (κ3) is 6.53. The summed E-state index contributed by atoms with van der Waals surface area (Å²) in [6.07, 6.45) is 0. The van der Waals surface area contributed by atoms with E-state index in [4.69, 9.17) is 14.2 Å². The highest BCUT2D eigenvalue weighted by Crippen LogP contribution is 2.34. The molecule has 0 heterocycles. The predicted octanol–water partition coefficient (Wildman–Crippen LogP) is 2.67. The van der Waals surface area contributed by atoms with Gasteiger partial charge in [-0.2, -0.15) is 0 Å². The van der Waals surface area contributed by atoms with Crippen molar-refractivity contribution in [1.29, 1.82) is 0 Å². The van der Waals surface area contributed by atoms with Crippen LogP contribution in [0, 0.1) is 0 Å². The lowest BCUT2D eigenvalue weighted by atomic mass is 10.1. The fourth-order valence-corrected chi connectivity index (χ4v) is 2.93. The summed E-state index contributed by atoms with van der Waals surface area (Å²) in [5.41, 5.74) is 2.58. The first-order valence-corrected chi connectivity index (χ1v) is 10.0. The van der Waals surface area contributed by atoms with Crippen molar-refractivity contribution < 1.29 is 19.0 Å². The molecule has 0 radical (unpaired) electrons. The molecule has 0 aromatic heterocycles. The van der Waals surface area contributed by atoms with Crippen LogP contribution in [0.25, 0.3) is 0 Å². The largest absolute Gasteiger partial charge is 0.496 e. The number of hydrogen-bond donors (Lipinski definition) is 2. The lowest BCUT2D eigenvalue weighted by molar-refractivity contribution is 0.0827. The van der Waals surface area contributed by atoms with Gasteiger partial charge < -0.3 is 29.7 Å². The second-order valence-electron chi connectivity index (χ2n) is 6.96. The first-order valence-electron chi connectivity index (χ1n) is 10.0. The Morgan fingerprint density at radius 3 is 2.10 bits per heavy atom. The van der Waals surface area contributed by atoms with E-state index in [-0.39, 0.29) is 5.91 Å². The average Bonchev–Trinajstić information content (AvgIpc) is 2.79. The summed E-state index contributed by atoms with van der Waals surface area (Å²) >= 11 is 0. The average molecular weight is 429 g/mol. The molecule has 0 unspecified atom stereocenters. The Hall–Kier alpha value is -3.42. The molecule has 0 saturated heterocycles. The van der Waals surface area contributed by atoms with Crippen LogP contribution in [0.3, 0.4) is 0 Å². The van der Waals surface area contributed by atoms with Crippen LogP contribution < -0.4 is 24.8 Å². The molecular weight excluding hydrogens is 396 g/mol. The first-order chi connectivity index (χ1) is 14.9. The zero-order valence-electron chi connectivity index (χ0n) is 19.1. The summed E-state index contributed by atoms with van der Waals surface area (Å²) in [6, 6.07) is 11.2. The van der Waals surface area contributed by atoms with Gasteiger partial charge in [-0.25, -0.2) is 4.99 Å². The van der Waals surface area contributed by atoms with Gasteiger partial charge in [0.25, 0.3) is 5.91 Å². The molecular formula is C23H32N4O4. The summed E-state index contributed by atoms with van der Waals surface area (Å²) < 4.78 is 16.2. The molecule has 2 aromatic rings. The summed E-state index contributed by atoms with van der Waals surface area (Å²) in [4.78, 5) is 18.2. The van der Waals surface area contributed by atoms with Gasteiger partial charge in [-0.1, -0.05) is 12.1 Å². The van der Waals surface area contributed by atoms with Crippen molar-refractivity contribution in [3.63, 3.8) is 0 Å². The molecule has 2 N–H and O–H groups in total. The van der Waals surface area contributed by atoms with E-state index in [1.807, 2.05) is 37.3 Å². The number of carbonyl (C=O) groups excluding carboxylic acids is 1. The topological polar surface area (TPSA) is 84.4 Å². The molecule has 0 bridgehead atoms.